The van der Waals surface area contributed by atoms with Crippen LogP contribution in [0.1, 0.15) is 22.8 Å². The molecule has 0 aliphatic rings. The molecule has 0 saturated carbocycles. The molecular weight excluding hydrogens is 375 g/mol. The number of hydrogen-bond donors (Lipinski definition) is 2. The Morgan fingerprint density at radius 2 is 1.78 bits per heavy atom. The molecule has 0 atom stereocenters. The van der Waals surface area contributed by atoms with Gasteiger partial charge < -0.3 is 10.1 Å². The van der Waals surface area contributed by atoms with Crippen molar-refractivity contribution >= 4 is 27.6 Å². The van der Waals surface area contributed by atoms with Crippen LogP contribution in [-0.2, 0) is 19.6 Å². The second-order valence-electron chi connectivity index (χ2n) is 5.58. The number of sulfonamides is 1. The second kappa shape index (κ2) is 8.74. The third-order valence-corrected chi connectivity index (χ3v) is 4.94. The average Bonchev–Trinajstić information content (AvgIpc) is 2.63. The number of anilines is 1. The van der Waals surface area contributed by atoms with Crippen molar-refractivity contribution in [1.29, 1.82) is 0 Å². The van der Waals surface area contributed by atoms with E-state index in [4.69, 9.17) is 4.74 Å². The van der Waals surface area contributed by atoms with E-state index in [1.54, 1.807) is 6.92 Å². The fourth-order valence-corrected chi connectivity index (χ4v) is 3.20. The van der Waals surface area contributed by atoms with Crippen molar-refractivity contribution in [3.05, 3.63) is 59.4 Å². The first-order valence-electron chi connectivity index (χ1n) is 8.06. The van der Waals surface area contributed by atoms with Gasteiger partial charge in [0.15, 0.2) is 0 Å². The van der Waals surface area contributed by atoms with E-state index in [-0.39, 0.29) is 17.1 Å². The molecular formula is C18H19FN2O5S. The molecule has 144 valence electrons. The number of aryl methyl sites for hydroxylation is 1. The van der Waals surface area contributed by atoms with Crippen LogP contribution >= 0.6 is 0 Å². The first-order valence-corrected chi connectivity index (χ1v) is 9.54. The number of nitrogens with one attached hydrogen (secondary N) is 2. The molecule has 7 nitrogen and oxygen atoms in total. The molecule has 2 aromatic carbocycles. The molecule has 0 bridgehead atoms. The van der Waals surface area contributed by atoms with Gasteiger partial charge in [-0.1, -0.05) is 0 Å². The number of ether oxygens (including phenoxy) is 1. The van der Waals surface area contributed by atoms with Crippen LogP contribution in [0.5, 0.6) is 0 Å². The monoisotopic (exact) mass is 394 g/mol. The minimum atomic E-state index is -3.95. The maximum atomic E-state index is 13.3. The van der Waals surface area contributed by atoms with Crippen molar-refractivity contribution in [2.75, 3.05) is 18.5 Å². The number of carbonyl (C=O) groups excluding carboxylic acids is 2. The normalized spacial score (nSPS) is 11.1. The standard InChI is InChI=1S/C18H19FN2O5S/c1-3-26-18(23)13-4-6-14(7-5-13)21-17(22)11-20-27(24,25)15-8-9-16(19)12(2)10-15/h4-10,20H,3,11H2,1-2H3,(H,21,22). The molecule has 0 fully saturated rings. The van der Waals surface area contributed by atoms with E-state index in [1.807, 2.05) is 0 Å². The molecule has 0 spiro atoms. The fraction of sp³-hybridized carbons (Fsp3) is 0.222. The highest BCUT2D eigenvalue weighted by molar-refractivity contribution is 7.89. The predicted molar refractivity (Wildman–Crippen MR) is 97.4 cm³/mol. The SMILES string of the molecule is CCOC(=O)c1ccc(NC(=O)CNS(=O)(=O)c2ccc(F)c(C)c2)cc1. The van der Waals surface area contributed by atoms with Crippen LogP contribution in [0.2, 0.25) is 0 Å². The Labute approximate surface area is 156 Å². The van der Waals surface area contributed by atoms with Crippen LogP contribution in [0, 0.1) is 12.7 Å². The summed E-state index contributed by atoms with van der Waals surface area (Å²) < 4.78 is 44.6. The minimum Gasteiger partial charge on any atom is -0.462 e. The molecule has 0 heterocycles. The first-order chi connectivity index (χ1) is 12.7. The van der Waals surface area contributed by atoms with E-state index in [1.165, 1.54) is 37.3 Å². The summed E-state index contributed by atoms with van der Waals surface area (Å²) in [4.78, 5) is 23.4. The van der Waals surface area contributed by atoms with Gasteiger partial charge in [-0.2, -0.15) is 0 Å². The maximum Gasteiger partial charge on any atom is 0.338 e. The van der Waals surface area contributed by atoms with Crippen molar-refractivity contribution in [3.63, 3.8) is 0 Å². The molecule has 2 N–H and O–H groups in total. The van der Waals surface area contributed by atoms with Gasteiger partial charge >= 0.3 is 5.97 Å². The highest BCUT2D eigenvalue weighted by Gasteiger charge is 2.17. The number of carbonyl (C=O) groups is 2. The zero-order valence-corrected chi connectivity index (χ0v) is 15.6. The van der Waals surface area contributed by atoms with Gasteiger partial charge in [0.2, 0.25) is 15.9 Å². The third-order valence-electron chi connectivity index (χ3n) is 3.54. The lowest BCUT2D eigenvalue weighted by molar-refractivity contribution is -0.115. The van der Waals surface area contributed by atoms with E-state index in [2.05, 4.69) is 10.0 Å². The summed E-state index contributed by atoms with van der Waals surface area (Å²) in [7, 11) is -3.95. The van der Waals surface area contributed by atoms with E-state index >= 15 is 0 Å². The van der Waals surface area contributed by atoms with Gasteiger partial charge in [0, 0.05) is 5.69 Å². The summed E-state index contributed by atoms with van der Waals surface area (Å²) in [5.74, 6) is -1.59. The van der Waals surface area contributed by atoms with Crippen molar-refractivity contribution in [2.24, 2.45) is 0 Å². The molecule has 0 unspecified atom stereocenters. The lowest BCUT2D eigenvalue weighted by Crippen LogP contribution is -2.33. The molecule has 9 heteroatoms. The number of halogens is 1. The largest absolute Gasteiger partial charge is 0.462 e. The predicted octanol–water partition coefficient (Wildman–Crippen LogP) is 2.23. The van der Waals surface area contributed by atoms with E-state index < -0.39 is 34.3 Å². The molecule has 2 aromatic rings. The lowest BCUT2D eigenvalue weighted by Gasteiger charge is -2.09. The summed E-state index contributed by atoms with van der Waals surface area (Å²) in [6.45, 7) is 2.89. The quantitative estimate of drug-likeness (QED) is 0.701. The fourth-order valence-electron chi connectivity index (χ4n) is 2.14. The summed E-state index contributed by atoms with van der Waals surface area (Å²) in [6.07, 6.45) is 0. The molecule has 0 radical (unpaired) electrons. The van der Waals surface area contributed by atoms with Crippen LogP contribution in [0.3, 0.4) is 0 Å². The van der Waals surface area contributed by atoms with Gasteiger partial charge in [-0.05, 0) is 61.9 Å². The summed E-state index contributed by atoms with van der Waals surface area (Å²) >= 11 is 0. The Kier molecular flexibility index (Phi) is 6.65. The Balaban J connectivity index is 1.95. The van der Waals surface area contributed by atoms with Crippen LogP contribution < -0.4 is 10.0 Å². The number of benzene rings is 2. The summed E-state index contributed by atoms with van der Waals surface area (Å²) in [5, 5.41) is 2.51. The first kappa shape index (κ1) is 20.5. The van der Waals surface area contributed by atoms with E-state index in [9.17, 15) is 22.4 Å². The Morgan fingerprint density at radius 1 is 1.11 bits per heavy atom. The number of esters is 1. The van der Waals surface area contributed by atoms with Crippen molar-refractivity contribution in [1.82, 2.24) is 4.72 Å². The van der Waals surface area contributed by atoms with Gasteiger partial charge in [0.1, 0.15) is 5.82 Å². The molecule has 0 aliphatic carbocycles. The van der Waals surface area contributed by atoms with E-state index in [0.717, 1.165) is 12.1 Å². The molecule has 2 rings (SSSR count). The highest BCUT2D eigenvalue weighted by atomic mass is 32.2. The van der Waals surface area contributed by atoms with Crippen molar-refractivity contribution < 1.29 is 27.1 Å². The molecule has 0 aliphatic heterocycles. The van der Waals surface area contributed by atoms with Crippen LogP contribution in [0.15, 0.2) is 47.4 Å². The van der Waals surface area contributed by atoms with Crippen LogP contribution in [-0.4, -0.2) is 33.4 Å². The number of amides is 1. The number of rotatable bonds is 7. The molecule has 0 aromatic heterocycles. The van der Waals surface area contributed by atoms with Gasteiger partial charge in [-0.25, -0.2) is 22.3 Å². The summed E-state index contributed by atoms with van der Waals surface area (Å²) in [6, 6.07) is 9.33. The smallest absolute Gasteiger partial charge is 0.338 e. The lowest BCUT2D eigenvalue weighted by atomic mass is 10.2. The zero-order valence-electron chi connectivity index (χ0n) is 14.8. The highest BCUT2D eigenvalue weighted by Crippen LogP contribution is 2.14. The number of hydrogen-bond acceptors (Lipinski definition) is 5. The van der Waals surface area contributed by atoms with Crippen LogP contribution in [0.25, 0.3) is 0 Å². The second-order valence-corrected chi connectivity index (χ2v) is 7.35. The van der Waals surface area contributed by atoms with Crippen LogP contribution in [0.4, 0.5) is 10.1 Å². The topological polar surface area (TPSA) is 102 Å². The van der Waals surface area contributed by atoms with Gasteiger partial charge in [0.25, 0.3) is 0 Å². The maximum absolute atomic E-state index is 13.3. The zero-order chi connectivity index (χ0) is 20.0. The Bertz CT molecular complexity index is 943. The molecule has 27 heavy (non-hydrogen) atoms. The average molecular weight is 394 g/mol. The Hall–Kier alpha value is -2.78. The molecule has 0 saturated heterocycles. The van der Waals surface area contributed by atoms with Gasteiger partial charge in [-0.15, -0.1) is 0 Å². The van der Waals surface area contributed by atoms with E-state index in [0.29, 0.717) is 11.3 Å². The molecule has 1 amide bonds. The third kappa shape index (κ3) is 5.60. The van der Waals surface area contributed by atoms with Gasteiger partial charge in [0.05, 0.1) is 23.6 Å². The minimum absolute atomic E-state index is 0.131. The van der Waals surface area contributed by atoms with Crippen molar-refractivity contribution in [2.45, 2.75) is 18.7 Å². The summed E-state index contributed by atoms with van der Waals surface area (Å²) in [5.41, 5.74) is 0.913. The van der Waals surface area contributed by atoms with Gasteiger partial charge in [-0.3, -0.25) is 4.79 Å². The Morgan fingerprint density at radius 3 is 2.37 bits per heavy atom. The van der Waals surface area contributed by atoms with Crippen molar-refractivity contribution in [3.8, 4) is 0 Å².